The van der Waals surface area contributed by atoms with Crippen molar-refractivity contribution in [3.8, 4) is 0 Å². The first-order valence-electron chi connectivity index (χ1n) is 6.35. The maximum absolute atomic E-state index is 3.60. The van der Waals surface area contributed by atoms with Crippen molar-refractivity contribution in [2.45, 2.75) is 58.5 Å². The van der Waals surface area contributed by atoms with Crippen molar-refractivity contribution in [1.29, 1.82) is 0 Å². The average Bonchev–Trinajstić information content (AvgIpc) is 2.21. The van der Waals surface area contributed by atoms with E-state index >= 15 is 0 Å². The van der Waals surface area contributed by atoms with Crippen LogP contribution >= 0.6 is 11.8 Å². The second kappa shape index (κ2) is 7.53. The Morgan fingerprint density at radius 1 is 1.27 bits per heavy atom. The lowest BCUT2D eigenvalue weighted by atomic mass is 10.00. The van der Waals surface area contributed by atoms with E-state index in [4.69, 9.17) is 0 Å². The van der Waals surface area contributed by atoms with Crippen LogP contribution in [-0.2, 0) is 0 Å². The first-order chi connectivity index (χ1) is 7.25. The van der Waals surface area contributed by atoms with Crippen LogP contribution in [0.4, 0.5) is 0 Å². The molecule has 1 N–H and O–H groups in total. The van der Waals surface area contributed by atoms with E-state index in [0.717, 1.165) is 6.54 Å². The van der Waals surface area contributed by atoms with E-state index in [1.807, 2.05) is 11.8 Å². The van der Waals surface area contributed by atoms with Gasteiger partial charge in [-0.05, 0) is 44.6 Å². The van der Waals surface area contributed by atoms with E-state index in [9.17, 15) is 0 Å². The van der Waals surface area contributed by atoms with Crippen molar-refractivity contribution >= 4 is 11.8 Å². The van der Waals surface area contributed by atoms with Crippen LogP contribution < -0.4 is 5.43 Å². The Hall–Kier alpha value is 0.270. The van der Waals surface area contributed by atoms with Gasteiger partial charge in [0.05, 0.1) is 0 Å². The molecule has 3 heteroatoms. The van der Waals surface area contributed by atoms with Crippen LogP contribution in [0.15, 0.2) is 0 Å². The third-order valence-corrected chi connectivity index (χ3v) is 4.14. The van der Waals surface area contributed by atoms with Crippen LogP contribution in [0.2, 0.25) is 0 Å². The van der Waals surface area contributed by atoms with Crippen LogP contribution in [-0.4, -0.2) is 35.1 Å². The highest BCUT2D eigenvalue weighted by molar-refractivity contribution is 7.99. The molecule has 0 amide bonds. The van der Waals surface area contributed by atoms with Crippen molar-refractivity contribution < 1.29 is 0 Å². The second-order valence-electron chi connectivity index (χ2n) is 4.49. The molecule has 0 aromatic heterocycles. The first kappa shape index (κ1) is 13.3. The molecular formula is C12H26N2S. The third kappa shape index (κ3) is 4.75. The molecule has 0 bridgehead atoms. The smallest absolute Gasteiger partial charge is 0.0218 e. The summed E-state index contributed by atoms with van der Waals surface area (Å²) in [5.74, 6) is 2.54. The number of thioether (sulfide) groups is 1. The maximum atomic E-state index is 3.60. The Bertz CT molecular complexity index is 154. The second-order valence-corrected chi connectivity index (χ2v) is 5.89. The molecule has 2 atom stereocenters. The van der Waals surface area contributed by atoms with Gasteiger partial charge in [-0.2, -0.15) is 11.8 Å². The number of hydrogen-bond donors (Lipinski definition) is 1. The van der Waals surface area contributed by atoms with Gasteiger partial charge in [-0.1, -0.05) is 13.3 Å². The molecule has 90 valence electrons. The monoisotopic (exact) mass is 230 g/mol. The van der Waals surface area contributed by atoms with Crippen LogP contribution in [0.3, 0.4) is 0 Å². The average molecular weight is 230 g/mol. The van der Waals surface area contributed by atoms with Gasteiger partial charge in [0.15, 0.2) is 0 Å². The van der Waals surface area contributed by atoms with Crippen LogP contribution in [0, 0.1) is 0 Å². The first-order valence-corrected chi connectivity index (χ1v) is 7.50. The third-order valence-electron chi connectivity index (χ3n) is 3.16. The summed E-state index contributed by atoms with van der Waals surface area (Å²) in [6, 6.07) is 1.43. The number of piperidine rings is 1. The molecule has 1 heterocycles. The Morgan fingerprint density at radius 3 is 2.53 bits per heavy atom. The van der Waals surface area contributed by atoms with E-state index < -0.39 is 0 Å². The minimum atomic E-state index is 0.715. The number of hydrazine groups is 1. The molecule has 1 fully saturated rings. The molecule has 0 saturated carbocycles. The molecule has 15 heavy (non-hydrogen) atoms. The fraction of sp³-hybridized carbons (Fsp3) is 1.00. The topological polar surface area (TPSA) is 15.3 Å². The zero-order valence-electron chi connectivity index (χ0n) is 10.5. The summed E-state index contributed by atoms with van der Waals surface area (Å²) in [4.78, 5) is 0. The number of hydrogen-bond acceptors (Lipinski definition) is 3. The molecule has 1 aliphatic heterocycles. The number of nitrogens with zero attached hydrogens (tertiary/aromatic N) is 1. The summed E-state index contributed by atoms with van der Waals surface area (Å²) in [7, 11) is 0. The molecule has 1 rings (SSSR count). The molecule has 0 aromatic carbocycles. The van der Waals surface area contributed by atoms with Gasteiger partial charge in [0.2, 0.25) is 0 Å². The highest BCUT2D eigenvalue weighted by Crippen LogP contribution is 2.20. The minimum Gasteiger partial charge on any atom is -0.255 e. The van der Waals surface area contributed by atoms with Gasteiger partial charge in [0.1, 0.15) is 0 Å². The summed E-state index contributed by atoms with van der Waals surface area (Å²) in [6.45, 7) is 8.04. The Kier molecular flexibility index (Phi) is 6.69. The summed E-state index contributed by atoms with van der Waals surface area (Å²) >= 11 is 2.04. The quantitative estimate of drug-likeness (QED) is 0.706. The normalized spacial score (nSPS) is 28.2. The van der Waals surface area contributed by atoms with E-state index in [-0.39, 0.29) is 0 Å². The van der Waals surface area contributed by atoms with E-state index in [1.165, 1.54) is 37.2 Å². The van der Waals surface area contributed by atoms with Gasteiger partial charge >= 0.3 is 0 Å². The summed E-state index contributed by atoms with van der Waals surface area (Å²) in [5.41, 5.74) is 3.60. The van der Waals surface area contributed by atoms with Crippen LogP contribution in [0.1, 0.15) is 46.5 Å². The van der Waals surface area contributed by atoms with Crippen molar-refractivity contribution in [2.24, 2.45) is 0 Å². The number of nitrogens with one attached hydrogen (secondary N) is 1. The summed E-state index contributed by atoms with van der Waals surface area (Å²) in [6.07, 6.45) is 5.38. The van der Waals surface area contributed by atoms with Gasteiger partial charge < -0.3 is 0 Å². The molecule has 0 radical (unpaired) electrons. The lowest BCUT2D eigenvalue weighted by Crippen LogP contribution is -2.52. The molecule has 1 saturated heterocycles. The van der Waals surface area contributed by atoms with Gasteiger partial charge in [0, 0.05) is 18.6 Å². The zero-order chi connectivity index (χ0) is 11.1. The van der Waals surface area contributed by atoms with Gasteiger partial charge in [-0.25, -0.2) is 5.01 Å². The predicted octanol–water partition coefficient (Wildman–Crippen LogP) is 2.90. The molecule has 0 spiro atoms. The standard InChI is InChI=1S/C12H26N2S/c1-4-15-10-6-9-13-14-11(2)7-5-8-12(14)3/h11-13H,4-10H2,1-3H3. The SMILES string of the molecule is CCSCCCNN1C(C)CCCC1C. The lowest BCUT2D eigenvalue weighted by molar-refractivity contribution is 0.0468. The minimum absolute atomic E-state index is 0.715. The Morgan fingerprint density at radius 2 is 1.93 bits per heavy atom. The Balaban J connectivity index is 2.12. The summed E-state index contributed by atoms with van der Waals surface area (Å²) < 4.78 is 0. The molecule has 2 nitrogen and oxygen atoms in total. The van der Waals surface area contributed by atoms with Gasteiger partial charge in [-0.3, -0.25) is 5.43 Å². The molecule has 0 aromatic rings. The summed E-state index contributed by atoms with van der Waals surface area (Å²) in [5, 5.41) is 2.47. The van der Waals surface area contributed by atoms with Crippen molar-refractivity contribution in [3.05, 3.63) is 0 Å². The van der Waals surface area contributed by atoms with E-state index in [1.54, 1.807) is 0 Å². The van der Waals surface area contributed by atoms with Crippen LogP contribution in [0.25, 0.3) is 0 Å². The lowest BCUT2D eigenvalue weighted by Gasteiger charge is -2.39. The largest absolute Gasteiger partial charge is 0.255 e. The highest BCUT2D eigenvalue weighted by Gasteiger charge is 2.23. The fourth-order valence-electron chi connectivity index (χ4n) is 2.26. The van der Waals surface area contributed by atoms with Crippen molar-refractivity contribution in [1.82, 2.24) is 10.4 Å². The van der Waals surface area contributed by atoms with E-state index in [0.29, 0.717) is 12.1 Å². The number of rotatable bonds is 6. The Labute approximate surface area is 99.2 Å². The highest BCUT2D eigenvalue weighted by atomic mass is 32.2. The predicted molar refractivity (Wildman–Crippen MR) is 70.2 cm³/mol. The molecule has 2 unspecified atom stereocenters. The van der Waals surface area contributed by atoms with Crippen LogP contribution in [0.5, 0.6) is 0 Å². The van der Waals surface area contributed by atoms with E-state index in [2.05, 4.69) is 31.2 Å². The molecular weight excluding hydrogens is 204 g/mol. The molecule has 0 aliphatic carbocycles. The maximum Gasteiger partial charge on any atom is 0.0218 e. The van der Waals surface area contributed by atoms with Crippen molar-refractivity contribution in [2.75, 3.05) is 18.1 Å². The fourth-order valence-corrected chi connectivity index (χ4v) is 2.90. The zero-order valence-corrected chi connectivity index (χ0v) is 11.3. The van der Waals surface area contributed by atoms with Gasteiger partial charge in [0.25, 0.3) is 0 Å². The molecule has 1 aliphatic rings. The van der Waals surface area contributed by atoms with Gasteiger partial charge in [-0.15, -0.1) is 0 Å². The van der Waals surface area contributed by atoms with Crippen molar-refractivity contribution in [3.63, 3.8) is 0 Å².